The monoisotopic (exact) mass is 542 g/mol. The molecule has 212 valence electrons. The summed E-state index contributed by atoms with van der Waals surface area (Å²) in [5.74, 6) is 7.53. The van der Waals surface area contributed by atoms with E-state index in [2.05, 4.69) is 66.1 Å². The predicted octanol–water partition coefficient (Wildman–Crippen LogP) is 5.81. The molecular weight excluding hydrogens is 500 g/mol. The minimum atomic E-state index is -0.667. The van der Waals surface area contributed by atoms with E-state index in [1.165, 1.54) is 22.4 Å². The number of nitroso groups, excluding NO2 is 1. The van der Waals surface area contributed by atoms with Gasteiger partial charge in [-0.25, -0.2) is 0 Å². The third kappa shape index (κ3) is 4.20. The van der Waals surface area contributed by atoms with Crippen molar-refractivity contribution in [3.63, 3.8) is 0 Å². The first-order chi connectivity index (χ1) is 19.3. The lowest BCUT2D eigenvalue weighted by atomic mass is 9.50. The van der Waals surface area contributed by atoms with Crippen molar-refractivity contribution in [1.29, 1.82) is 0 Å². The van der Waals surface area contributed by atoms with E-state index in [-0.39, 0.29) is 29.8 Å². The zero-order valence-corrected chi connectivity index (χ0v) is 24.1. The van der Waals surface area contributed by atoms with E-state index in [0.717, 1.165) is 64.8 Å². The van der Waals surface area contributed by atoms with Gasteiger partial charge in [0, 0.05) is 24.7 Å². The second kappa shape index (κ2) is 10.6. The molecular formula is C34H42N2O4. The summed E-state index contributed by atoms with van der Waals surface area (Å²) in [4.78, 5) is 27.6. The number of allylic oxidation sites excluding steroid dienone is 3. The van der Waals surface area contributed by atoms with Crippen molar-refractivity contribution in [1.82, 2.24) is 0 Å². The summed E-state index contributed by atoms with van der Waals surface area (Å²) in [6.45, 7) is 9.40. The van der Waals surface area contributed by atoms with Crippen LogP contribution in [-0.4, -0.2) is 49.8 Å². The van der Waals surface area contributed by atoms with Gasteiger partial charge in [0.1, 0.15) is 18.4 Å². The lowest BCUT2D eigenvalue weighted by Crippen LogP contribution is -2.48. The Morgan fingerprint density at radius 1 is 1.18 bits per heavy atom. The molecule has 1 N–H and O–H groups in total. The van der Waals surface area contributed by atoms with Gasteiger partial charge in [0.25, 0.3) is 0 Å². The minimum Gasteiger partial charge on any atom is -0.384 e. The summed E-state index contributed by atoms with van der Waals surface area (Å²) in [6.07, 6.45) is 7.75. The van der Waals surface area contributed by atoms with E-state index in [1.54, 1.807) is 12.5 Å². The van der Waals surface area contributed by atoms with Gasteiger partial charge in [0.05, 0.1) is 18.6 Å². The maximum Gasteiger partial charge on any atom is 0.148 e. The first-order valence-corrected chi connectivity index (χ1v) is 15.1. The molecule has 1 aliphatic heterocycles. The second-order valence-electron chi connectivity index (χ2n) is 13.0. The van der Waals surface area contributed by atoms with Crippen molar-refractivity contribution in [3.8, 4) is 11.8 Å². The molecule has 6 rings (SSSR count). The van der Waals surface area contributed by atoms with Crippen LogP contribution in [0.1, 0.15) is 70.8 Å². The number of nitrogens with zero attached hydrogens (tertiary/aromatic N) is 2. The van der Waals surface area contributed by atoms with Crippen LogP contribution in [0.3, 0.4) is 0 Å². The van der Waals surface area contributed by atoms with Gasteiger partial charge in [0.15, 0.2) is 0 Å². The number of carbonyl (C=O) groups excluding carboxylic acids is 1. The van der Waals surface area contributed by atoms with Crippen LogP contribution in [0.4, 0.5) is 5.69 Å². The number of ketones is 1. The number of fused-ring (bicyclic) bond motifs is 4. The normalized spacial score (nSPS) is 37.0. The molecule has 6 nitrogen and oxygen atoms in total. The van der Waals surface area contributed by atoms with Crippen LogP contribution in [0.5, 0.6) is 0 Å². The molecule has 0 spiro atoms. The third-order valence-electron chi connectivity index (χ3n) is 11.3. The number of hydrogen-bond acceptors (Lipinski definition) is 6. The largest absolute Gasteiger partial charge is 0.384 e. The van der Waals surface area contributed by atoms with Gasteiger partial charge < -0.3 is 14.7 Å². The highest BCUT2D eigenvalue weighted by Gasteiger charge is 2.63. The van der Waals surface area contributed by atoms with Crippen LogP contribution in [-0.2, 0) is 9.53 Å². The molecule has 3 unspecified atom stereocenters. The molecule has 0 radical (unpaired) electrons. The molecule has 7 atom stereocenters. The molecule has 4 aliphatic carbocycles. The minimum absolute atomic E-state index is 0.0389. The zero-order valence-electron chi connectivity index (χ0n) is 24.1. The third-order valence-corrected chi connectivity index (χ3v) is 11.3. The van der Waals surface area contributed by atoms with E-state index < -0.39 is 5.41 Å². The molecule has 40 heavy (non-hydrogen) atoms. The summed E-state index contributed by atoms with van der Waals surface area (Å²) >= 11 is 0. The van der Waals surface area contributed by atoms with Crippen LogP contribution in [0.15, 0.2) is 52.2 Å². The number of carbonyl (C=O) groups is 1. The standard InChI is InChI=1S/C34H42N2O4/c1-22-19-30-26(9-12-33(3)31(30)10-13-34(33,23(2)38)11-4-16-37)29-20-28(32(35-39)21-27(22)29)24-5-7-25(8-6-24)36-14-17-40-18-15-36/h5-8,21-22,28,30-32,37H,9-10,12-20H2,1-3H3/t22?,28?,30-,31+,32?,33+,34-/m1/s1. The van der Waals surface area contributed by atoms with Crippen molar-refractivity contribution in [2.45, 2.75) is 71.3 Å². The van der Waals surface area contributed by atoms with Crippen LogP contribution in [0.2, 0.25) is 0 Å². The van der Waals surface area contributed by atoms with E-state index >= 15 is 0 Å². The van der Waals surface area contributed by atoms with Crippen molar-refractivity contribution >= 4 is 11.5 Å². The van der Waals surface area contributed by atoms with E-state index in [0.29, 0.717) is 17.8 Å². The number of hydrogen-bond donors (Lipinski definition) is 1. The van der Waals surface area contributed by atoms with Gasteiger partial charge in [-0.2, -0.15) is 4.91 Å². The van der Waals surface area contributed by atoms with Gasteiger partial charge in [-0.1, -0.05) is 54.6 Å². The lowest BCUT2D eigenvalue weighted by molar-refractivity contribution is -0.130. The Kier molecular flexibility index (Phi) is 7.25. The fourth-order valence-corrected chi connectivity index (χ4v) is 9.22. The molecule has 5 aliphatic rings. The van der Waals surface area contributed by atoms with E-state index in [1.807, 2.05) is 0 Å². The Bertz CT molecular complexity index is 1300. The Morgan fingerprint density at radius 2 is 1.93 bits per heavy atom. The molecule has 2 saturated carbocycles. The molecule has 3 fully saturated rings. The molecule has 0 bridgehead atoms. The van der Waals surface area contributed by atoms with Gasteiger partial charge in [-0.15, -0.1) is 0 Å². The topological polar surface area (TPSA) is 79.2 Å². The Labute approximate surface area is 238 Å². The number of anilines is 1. The average Bonchev–Trinajstić information content (AvgIpc) is 3.29. The van der Waals surface area contributed by atoms with Crippen LogP contribution in [0.25, 0.3) is 0 Å². The molecule has 1 aromatic carbocycles. The second-order valence-corrected chi connectivity index (χ2v) is 13.0. The first-order valence-electron chi connectivity index (χ1n) is 15.1. The quantitative estimate of drug-likeness (QED) is 0.384. The number of benzene rings is 1. The summed E-state index contributed by atoms with van der Waals surface area (Å²) in [5.41, 5.74) is 5.87. The summed E-state index contributed by atoms with van der Waals surface area (Å²) in [6, 6.07) is 8.40. The summed E-state index contributed by atoms with van der Waals surface area (Å²) < 4.78 is 5.51. The lowest BCUT2D eigenvalue weighted by Gasteiger charge is -2.53. The van der Waals surface area contributed by atoms with Crippen LogP contribution in [0, 0.1) is 45.3 Å². The Balaban J connectivity index is 1.33. The average molecular weight is 543 g/mol. The molecule has 1 saturated heterocycles. The smallest absolute Gasteiger partial charge is 0.148 e. The van der Waals surface area contributed by atoms with Gasteiger partial charge in [0.2, 0.25) is 0 Å². The number of ether oxygens (including phenoxy) is 1. The maximum absolute atomic E-state index is 13.1. The highest BCUT2D eigenvalue weighted by atomic mass is 16.5. The van der Waals surface area contributed by atoms with Gasteiger partial charge >= 0.3 is 0 Å². The van der Waals surface area contributed by atoms with Crippen molar-refractivity contribution in [2.24, 2.45) is 33.8 Å². The molecule has 1 aromatic rings. The number of rotatable bonds is 4. The van der Waals surface area contributed by atoms with Crippen molar-refractivity contribution < 1.29 is 14.6 Å². The molecule has 6 heteroatoms. The fraction of sp³-hybridized carbons (Fsp3) is 0.618. The number of aliphatic hydroxyl groups is 1. The van der Waals surface area contributed by atoms with Gasteiger partial charge in [-0.3, -0.25) is 4.79 Å². The van der Waals surface area contributed by atoms with Gasteiger partial charge in [-0.05, 0) is 97.5 Å². The first kappa shape index (κ1) is 27.4. The predicted molar refractivity (Wildman–Crippen MR) is 157 cm³/mol. The van der Waals surface area contributed by atoms with Crippen LogP contribution < -0.4 is 4.90 Å². The van der Waals surface area contributed by atoms with E-state index in [9.17, 15) is 14.8 Å². The fourth-order valence-electron chi connectivity index (χ4n) is 9.22. The molecule has 0 aromatic heterocycles. The number of morpholine rings is 1. The summed E-state index contributed by atoms with van der Waals surface area (Å²) in [7, 11) is 0. The summed E-state index contributed by atoms with van der Waals surface area (Å²) in [5, 5.41) is 13.1. The highest BCUT2D eigenvalue weighted by Crippen LogP contribution is 2.67. The number of Topliss-reactive ketones (excluding diaryl/α,β-unsaturated/α-hetero) is 1. The number of aliphatic hydroxyl groups excluding tert-OH is 1. The van der Waals surface area contributed by atoms with Crippen molar-refractivity contribution in [3.05, 3.63) is 57.5 Å². The Morgan fingerprint density at radius 3 is 2.60 bits per heavy atom. The van der Waals surface area contributed by atoms with E-state index in [4.69, 9.17) is 4.74 Å². The maximum atomic E-state index is 13.1. The van der Waals surface area contributed by atoms with Crippen LogP contribution >= 0.6 is 0 Å². The molecule has 0 amide bonds. The SMILES string of the molecule is CC(=O)[C@@]1(C#CCO)CC[C@H]2[C@@H]3CC(C)C4=CC(N=O)C(c5ccc(N6CCOCC6)cc5)CC4=C3CC[C@@]21C. The highest BCUT2D eigenvalue weighted by molar-refractivity contribution is 5.87. The zero-order chi connectivity index (χ0) is 28.1. The van der Waals surface area contributed by atoms with Crippen molar-refractivity contribution in [2.75, 3.05) is 37.8 Å². The Hall–Kier alpha value is -2.75. The molecule has 1 heterocycles.